The van der Waals surface area contributed by atoms with Crippen molar-refractivity contribution in [2.75, 3.05) is 7.05 Å². The molecular formula is C19H18N2OS2. The first-order valence-corrected chi connectivity index (χ1v) is 9.35. The van der Waals surface area contributed by atoms with Crippen molar-refractivity contribution in [2.24, 2.45) is 0 Å². The third-order valence-corrected chi connectivity index (χ3v) is 5.78. The summed E-state index contributed by atoms with van der Waals surface area (Å²) in [6.45, 7) is 2.01. The zero-order valence-corrected chi connectivity index (χ0v) is 15.2. The first kappa shape index (κ1) is 16.7. The lowest BCUT2D eigenvalue weighted by atomic mass is 10.3. The number of rotatable bonds is 5. The standard InChI is InChI=1S/C19H18N2OS2/c1-14(19-20-16-10-6-7-11-17(16)24-19)21(2)18(22)12-13-23-15-8-4-3-5-9-15/h3-14H,1-2H3/b13-12+/t14-/m0/s1. The van der Waals surface area contributed by atoms with Gasteiger partial charge in [-0.15, -0.1) is 11.3 Å². The van der Waals surface area contributed by atoms with Crippen molar-refractivity contribution in [2.45, 2.75) is 17.9 Å². The molecule has 0 aliphatic carbocycles. The highest BCUT2D eigenvalue weighted by Crippen LogP contribution is 2.29. The van der Waals surface area contributed by atoms with Gasteiger partial charge in [0.2, 0.25) is 5.91 Å². The second-order valence-corrected chi connectivity index (χ2v) is 7.42. The number of aromatic nitrogens is 1. The minimum Gasteiger partial charge on any atom is -0.333 e. The maximum absolute atomic E-state index is 12.4. The van der Waals surface area contributed by atoms with E-state index in [9.17, 15) is 4.79 Å². The van der Waals surface area contributed by atoms with Crippen molar-refractivity contribution in [3.05, 3.63) is 71.1 Å². The molecule has 0 unspecified atom stereocenters. The predicted octanol–water partition coefficient (Wildman–Crippen LogP) is 5.12. The molecule has 1 aromatic heterocycles. The molecule has 3 rings (SSSR count). The fourth-order valence-electron chi connectivity index (χ4n) is 2.21. The summed E-state index contributed by atoms with van der Waals surface area (Å²) in [5.74, 6) is -0.0230. The van der Waals surface area contributed by atoms with E-state index < -0.39 is 0 Å². The van der Waals surface area contributed by atoms with Crippen molar-refractivity contribution >= 4 is 39.2 Å². The van der Waals surface area contributed by atoms with E-state index in [1.807, 2.05) is 67.9 Å². The smallest absolute Gasteiger partial charge is 0.247 e. The van der Waals surface area contributed by atoms with Gasteiger partial charge in [0.25, 0.3) is 0 Å². The first-order valence-electron chi connectivity index (χ1n) is 7.65. The van der Waals surface area contributed by atoms with E-state index in [0.717, 1.165) is 20.1 Å². The number of hydrogen-bond acceptors (Lipinski definition) is 4. The molecule has 0 fully saturated rings. The number of thiazole rings is 1. The van der Waals surface area contributed by atoms with Gasteiger partial charge in [-0.25, -0.2) is 4.98 Å². The van der Waals surface area contributed by atoms with E-state index in [0.29, 0.717) is 0 Å². The molecule has 2 aromatic carbocycles. The number of hydrogen-bond donors (Lipinski definition) is 0. The molecule has 3 aromatic rings. The molecule has 0 radical (unpaired) electrons. The molecule has 1 amide bonds. The summed E-state index contributed by atoms with van der Waals surface area (Å²) in [6.07, 6.45) is 1.61. The Morgan fingerprint density at radius 3 is 2.62 bits per heavy atom. The Labute approximate surface area is 150 Å². The number of benzene rings is 2. The monoisotopic (exact) mass is 354 g/mol. The van der Waals surface area contributed by atoms with Gasteiger partial charge in [-0.05, 0) is 36.6 Å². The van der Waals surface area contributed by atoms with Crippen molar-refractivity contribution in [1.82, 2.24) is 9.88 Å². The van der Waals surface area contributed by atoms with Gasteiger partial charge in [-0.3, -0.25) is 4.79 Å². The van der Waals surface area contributed by atoms with Gasteiger partial charge in [0.05, 0.1) is 16.3 Å². The van der Waals surface area contributed by atoms with E-state index in [4.69, 9.17) is 0 Å². The van der Waals surface area contributed by atoms with Crippen LogP contribution in [-0.2, 0) is 4.79 Å². The van der Waals surface area contributed by atoms with Crippen molar-refractivity contribution in [3.8, 4) is 0 Å². The first-order chi connectivity index (χ1) is 11.6. The summed E-state index contributed by atoms with van der Waals surface area (Å²) < 4.78 is 1.15. The Bertz CT molecular complexity index is 825. The number of fused-ring (bicyclic) bond motifs is 1. The number of carbonyl (C=O) groups is 1. The number of carbonyl (C=O) groups excluding carboxylic acids is 1. The zero-order chi connectivity index (χ0) is 16.9. The molecule has 0 spiro atoms. The van der Waals surface area contributed by atoms with Crippen molar-refractivity contribution in [3.63, 3.8) is 0 Å². The largest absolute Gasteiger partial charge is 0.333 e. The van der Waals surface area contributed by atoms with Gasteiger partial charge in [-0.1, -0.05) is 42.1 Å². The van der Waals surface area contributed by atoms with Crippen LogP contribution < -0.4 is 0 Å². The maximum Gasteiger partial charge on any atom is 0.247 e. The topological polar surface area (TPSA) is 33.2 Å². The average Bonchev–Trinajstić information content (AvgIpc) is 3.05. The summed E-state index contributed by atoms with van der Waals surface area (Å²) in [4.78, 5) is 19.8. The third-order valence-electron chi connectivity index (χ3n) is 3.75. The minimum atomic E-state index is -0.0544. The lowest BCUT2D eigenvalue weighted by Crippen LogP contribution is -2.27. The van der Waals surface area contributed by atoms with Crippen LogP contribution in [0.3, 0.4) is 0 Å². The predicted molar refractivity (Wildman–Crippen MR) is 102 cm³/mol. The highest BCUT2D eigenvalue weighted by Gasteiger charge is 2.19. The second-order valence-electron chi connectivity index (χ2n) is 5.38. The molecule has 122 valence electrons. The van der Waals surface area contributed by atoms with E-state index in [1.54, 1.807) is 22.3 Å². The third kappa shape index (κ3) is 3.86. The number of amides is 1. The Morgan fingerprint density at radius 1 is 1.17 bits per heavy atom. The summed E-state index contributed by atoms with van der Waals surface area (Å²) in [5, 5.41) is 2.79. The molecule has 0 aliphatic rings. The summed E-state index contributed by atoms with van der Waals surface area (Å²) >= 11 is 3.17. The van der Waals surface area contributed by atoms with Gasteiger partial charge in [0.15, 0.2) is 0 Å². The fraction of sp³-hybridized carbons (Fsp3) is 0.158. The molecule has 1 atom stereocenters. The van der Waals surface area contributed by atoms with E-state index >= 15 is 0 Å². The number of thioether (sulfide) groups is 1. The maximum atomic E-state index is 12.4. The van der Waals surface area contributed by atoms with E-state index in [2.05, 4.69) is 11.1 Å². The highest BCUT2D eigenvalue weighted by molar-refractivity contribution is 8.02. The number of nitrogens with zero attached hydrogens (tertiary/aromatic N) is 2. The van der Waals surface area contributed by atoms with Gasteiger partial charge in [-0.2, -0.15) is 0 Å². The van der Waals surface area contributed by atoms with Crippen LogP contribution in [0, 0.1) is 0 Å². The van der Waals surface area contributed by atoms with Crippen LogP contribution in [0.15, 0.2) is 71.0 Å². The van der Waals surface area contributed by atoms with Gasteiger partial charge in [0.1, 0.15) is 5.01 Å². The Balaban J connectivity index is 1.66. The van der Waals surface area contributed by atoms with Gasteiger partial charge >= 0.3 is 0 Å². The minimum absolute atomic E-state index is 0.0230. The van der Waals surface area contributed by atoms with Crippen LogP contribution in [0.4, 0.5) is 0 Å². The molecule has 24 heavy (non-hydrogen) atoms. The SMILES string of the molecule is C[C@@H](c1nc2ccccc2s1)N(C)C(=O)/C=C/Sc1ccccc1. The molecule has 0 saturated carbocycles. The molecule has 0 saturated heterocycles. The second kappa shape index (κ2) is 7.64. The Kier molecular flexibility index (Phi) is 5.33. The average molecular weight is 354 g/mol. The normalized spacial score (nSPS) is 12.6. The van der Waals surface area contributed by atoms with Crippen LogP contribution in [-0.4, -0.2) is 22.8 Å². The van der Waals surface area contributed by atoms with Crippen LogP contribution >= 0.6 is 23.1 Å². The van der Waals surface area contributed by atoms with Crippen LogP contribution in [0.2, 0.25) is 0 Å². The highest BCUT2D eigenvalue weighted by atomic mass is 32.2. The van der Waals surface area contributed by atoms with Crippen LogP contribution in [0.5, 0.6) is 0 Å². The quantitative estimate of drug-likeness (QED) is 0.471. The fourth-order valence-corrected chi connectivity index (χ4v) is 3.93. The molecule has 0 aliphatic heterocycles. The number of likely N-dealkylation sites (N-methyl/N-ethyl adjacent to an activating group) is 1. The van der Waals surface area contributed by atoms with Gasteiger partial charge in [0, 0.05) is 18.0 Å². The lowest BCUT2D eigenvalue weighted by molar-refractivity contribution is -0.126. The molecular weight excluding hydrogens is 336 g/mol. The Morgan fingerprint density at radius 2 is 1.88 bits per heavy atom. The molecule has 3 nitrogen and oxygen atoms in total. The van der Waals surface area contributed by atoms with Crippen molar-refractivity contribution in [1.29, 1.82) is 0 Å². The zero-order valence-electron chi connectivity index (χ0n) is 13.5. The number of para-hydroxylation sites is 1. The Hall–Kier alpha value is -2.11. The van der Waals surface area contributed by atoms with Gasteiger partial charge < -0.3 is 4.90 Å². The molecule has 5 heteroatoms. The van der Waals surface area contributed by atoms with Crippen LogP contribution in [0.1, 0.15) is 18.0 Å². The van der Waals surface area contributed by atoms with Crippen molar-refractivity contribution < 1.29 is 4.79 Å². The lowest BCUT2D eigenvalue weighted by Gasteiger charge is -2.21. The summed E-state index contributed by atoms with van der Waals surface area (Å²) in [7, 11) is 1.82. The molecule has 0 bridgehead atoms. The van der Waals surface area contributed by atoms with E-state index in [1.165, 1.54) is 11.8 Å². The molecule has 1 heterocycles. The summed E-state index contributed by atoms with van der Waals surface area (Å²) in [5.41, 5.74) is 0.986. The van der Waals surface area contributed by atoms with Crippen LogP contribution in [0.25, 0.3) is 10.2 Å². The van der Waals surface area contributed by atoms with E-state index in [-0.39, 0.29) is 11.9 Å². The summed E-state index contributed by atoms with van der Waals surface area (Å²) in [6, 6.07) is 18.0. The molecule has 0 N–H and O–H groups in total.